The molecule has 1 atom stereocenters. The van der Waals surface area contributed by atoms with Crippen molar-refractivity contribution in [2.75, 3.05) is 19.6 Å². The largest absolute Gasteiger partial charge is 0.354 e. The van der Waals surface area contributed by atoms with Gasteiger partial charge in [0.05, 0.1) is 12.2 Å². The highest BCUT2D eigenvalue weighted by atomic mass is 16.2. The van der Waals surface area contributed by atoms with E-state index in [0.29, 0.717) is 38.2 Å². The first-order valence-corrected chi connectivity index (χ1v) is 10.7. The van der Waals surface area contributed by atoms with Crippen LogP contribution in [0.4, 0.5) is 0 Å². The minimum absolute atomic E-state index is 0.0365. The molecule has 1 aromatic heterocycles. The Balaban J connectivity index is 1.34. The summed E-state index contributed by atoms with van der Waals surface area (Å²) in [4.78, 5) is 56.3. The standard InChI is InChI=1S/C23H23N5O4/c29-20-4-3-19(22(31)26-20)28-12-16-10-15(1-2-17(16)23(28)32)18-9-14(5-6-24-18)11-27-8-7-25-21(30)13-27/h1-2,5-6,9-10,19H,3-4,7-8,11-13H2,(H,25,30)(H,26,29,31). The number of carbonyl (C=O) groups is 4. The van der Waals surface area contributed by atoms with E-state index in [9.17, 15) is 19.2 Å². The lowest BCUT2D eigenvalue weighted by atomic mass is 10.0. The van der Waals surface area contributed by atoms with Crippen molar-refractivity contribution in [3.8, 4) is 11.3 Å². The number of hydrogen-bond acceptors (Lipinski definition) is 6. The number of benzene rings is 1. The number of piperazine rings is 1. The second-order valence-corrected chi connectivity index (χ2v) is 8.38. The minimum atomic E-state index is -0.626. The summed E-state index contributed by atoms with van der Waals surface area (Å²) >= 11 is 0. The van der Waals surface area contributed by atoms with Gasteiger partial charge in [0.15, 0.2) is 0 Å². The van der Waals surface area contributed by atoms with Gasteiger partial charge in [-0.2, -0.15) is 0 Å². The number of amides is 4. The van der Waals surface area contributed by atoms with E-state index < -0.39 is 11.9 Å². The molecule has 0 saturated carbocycles. The van der Waals surface area contributed by atoms with Crippen LogP contribution in [0.2, 0.25) is 0 Å². The van der Waals surface area contributed by atoms with Gasteiger partial charge in [-0.05, 0) is 41.8 Å². The van der Waals surface area contributed by atoms with Crippen LogP contribution in [0, 0.1) is 0 Å². The topological polar surface area (TPSA) is 112 Å². The van der Waals surface area contributed by atoms with Gasteiger partial charge in [0, 0.05) is 49.9 Å². The Bertz CT molecular complexity index is 1130. The van der Waals surface area contributed by atoms with Gasteiger partial charge < -0.3 is 10.2 Å². The fourth-order valence-electron chi connectivity index (χ4n) is 4.55. The summed E-state index contributed by atoms with van der Waals surface area (Å²) in [6.45, 7) is 2.83. The smallest absolute Gasteiger partial charge is 0.255 e. The van der Waals surface area contributed by atoms with E-state index in [1.165, 1.54) is 0 Å². The number of aromatic nitrogens is 1. The van der Waals surface area contributed by atoms with Gasteiger partial charge in [0.2, 0.25) is 17.7 Å². The summed E-state index contributed by atoms with van der Waals surface area (Å²) in [6.07, 6.45) is 2.33. The predicted octanol–water partition coefficient (Wildman–Crippen LogP) is 0.441. The number of nitrogens with one attached hydrogen (secondary N) is 2. The number of piperidine rings is 1. The van der Waals surface area contributed by atoms with Crippen LogP contribution in [0.15, 0.2) is 36.5 Å². The zero-order chi connectivity index (χ0) is 22.2. The zero-order valence-electron chi connectivity index (χ0n) is 17.5. The number of pyridine rings is 1. The van der Waals surface area contributed by atoms with E-state index in [2.05, 4.69) is 20.5 Å². The number of hydrogen-bond donors (Lipinski definition) is 2. The molecule has 1 unspecified atom stereocenters. The molecule has 4 heterocycles. The Morgan fingerprint density at radius 3 is 2.72 bits per heavy atom. The molecule has 9 nitrogen and oxygen atoms in total. The van der Waals surface area contributed by atoms with Gasteiger partial charge in [-0.15, -0.1) is 0 Å². The van der Waals surface area contributed by atoms with E-state index in [1.807, 2.05) is 24.3 Å². The van der Waals surface area contributed by atoms with Crippen molar-refractivity contribution in [1.82, 2.24) is 25.4 Å². The molecule has 0 radical (unpaired) electrons. The van der Waals surface area contributed by atoms with Gasteiger partial charge in [-0.3, -0.25) is 34.4 Å². The Hall–Kier alpha value is -3.59. The number of carbonyl (C=O) groups excluding carboxylic acids is 4. The van der Waals surface area contributed by atoms with E-state index >= 15 is 0 Å². The first-order valence-electron chi connectivity index (χ1n) is 10.7. The van der Waals surface area contributed by atoms with Crippen LogP contribution in [0.25, 0.3) is 11.3 Å². The van der Waals surface area contributed by atoms with E-state index in [-0.39, 0.29) is 24.1 Å². The van der Waals surface area contributed by atoms with Crippen LogP contribution in [-0.2, 0) is 27.5 Å². The van der Waals surface area contributed by atoms with Gasteiger partial charge in [-0.1, -0.05) is 6.07 Å². The van der Waals surface area contributed by atoms with Crippen LogP contribution in [0.1, 0.15) is 34.3 Å². The molecular weight excluding hydrogens is 410 g/mol. The molecule has 164 valence electrons. The van der Waals surface area contributed by atoms with Crippen molar-refractivity contribution in [3.63, 3.8) is 0 Å². The fourth-order valence-corrected chi connectivity index (χ4v) is 4.55. The summed E-state index contributed by atoms with van der Waals surface area (Å²) in [6, 6.07) is 8.91. The van der Waals surface area contributed by atoms with Crippen LogP contribution in [0.5, 0.6) is 0 Å². The fraction of sp³-hybridized carbons (Fsp3) is 0.348. The zero-order valence-corrected chi connectivity index (χ0v) is 17.5. The van der Waals surface area contributed by atoms with Gasteiger partial charge in [-0.25, -0.2) is 0 Å². The van der Waals surface area contributed by atoms with Gasteiger partial charge in [0.1, 0.15) is 6.04 Å². The van der Waals surface area contributed by atoms with E-state index in [4.69, 9.17) is 0 Å². The van der Waals surface area contributed by atoms with Crippen molar-refractivity contribution in [3.05, 3.63) is 53.2 Å². The van der Waals surface area contributed by atoms with Crippen LogP contribution < -0.4 is 10.6 Å². The molecule has 0 spiro atoms. The molecule has 0 bridgehead atoms. The van der Waals surface area contributed by atoms with Crippen molar-refractivity contribution < 1.29 is 19.2 Å². The van der Waals surface area contributed by atoms with Crippen LogP contribution >= 0.6 is 0 Å². The molecule has 2 N–H and O–H groups in total. The number of rotatable bonds is 4. The average Bonchev–Trinajstić information content (AvgIpc) is 3.09. The van der Waals surface area contributed by atoms with Crippen molar-refractivity contribution >= 4 is 23.6 Å². The van der Waals surface area contributed by atoms with E-state index in [1.54, 1.807) is 17.2 Å². The van der Waals surface area contributed by atoms with Crippen LogP contribution in [-0.4, -0.2) is 64.1 Å². The summed E-state index contributed by atoms with van der Waals surface area (Å²) in [5.74, 6) is -0.863. The monoisotopic (exact) mass is 433 g/mol. The molecule has 9 heteroatoms. The third-order valence-corrected chi connectivity index (χ3v) is 6.17. The minimum Gasteiger partial charge on any atom is -0.354 e. The molecule has 0 aliphatic carbocycles. The van der Waals surface area contributed by atoms with E-state index in [0.717, 1.165) is 28.9 Å². The SMILES string of the molecule is O=C1CN(Cc2ccnc(-c3ccc4c(c3)CN(C3CCC(=O)NC3=O)C4=O)c2)CCN1. The maximum atomic E-state index is 12.9. The summed E-state index contributed by atoms with van der Waals surface area (Å²) < 4.78 is 0. The number of fused-ring (bicyclic) bond motifs is 1. The highest BCUT2D eigenvalue weighted by molar-refractivity contribution is 6.05. The van der Waals surface area contributed by atoms with Gasteiger partial charge in [0.25, 0.3) is 5.91 Å². The van der Waals surface area contributed by atoms with Crippen molar-refractivity contribution in [2.45, 2.75) is 32.0 Å². The van der Waals surface area contributed by atoms with Crippen molar-refractivity contribution in [2.24, 2.45) is 0 Å². The lowest BCUT2D eigenvalue weighted by Crippen LogP contribution is -2.52. The highest BCUT2D eigenvalue weighted by Gasteiger charge is 2.39. The molecule has 3 aliphatic rings. The first kappa shape index (κ1) is 20.3. The summed E-state index contributed by atoms with van der Waals surface area (Å²) in [5, 5.41) is 5.15. The van der Waals surface area contributed by atoms with Crippen LogP contribution in [0.3, 0.4) is 0 Å². The molecule has 32 heavy (non-hydrogen) atoms. The maximum Gasteiger partial charge on any atom is 0.255 e. The average molecular weight is 433 g/mol. The van der Waals surface area contributed by atoms with Crippen molar-refractivity contribution in [1.29, 1.82) is 0 Å². The molecule has 5 rings (SSSR count). The third-order valence-electron chi connectivity index (χ3n) is 6.17. The summed E-state index contributed by atoms with van der Waals surface area (Å²) in [7, 11) is 0. The molecule has 4 amide bonds. The number of imide groups is 1. The maximum absolute atomic E-state index is 12.9. The first-order chi connectivity index (χ1) is 15.5. The molecule has 3 aliphatic heterocycles. The molecule has 2 fully saturated rings. The Kier molecular flexibility index (Phi) is 5.18. The predicted molar refractivity (Wildman–Crippen MR) is 114 cm³/mol. The lowest BCUT2D eigenvalue weighted by Gasteiger charge is -2.29. The number of nitrogens with zero attached hydrogens (tertiary/aromatic N) is 3. The molecular formula is C23H23N5O4. The highest BCUT2D eigenvalue weighted by Crippen LogP contribution is 2.31. The normalized spacial score (nSPS) is 21.4. The quantitative estimate of drug-likeness (QED) is 0.677. The third kappa shape index (κ3) is 3.87. The summed E-state index contributed by atoms with van der Waals surface area (Å²) in [5.41, 5.74) is 4.16. The second kappa shape index (κ2) is 8.16. The Morgan fingerprint density at radius 1 is 1.03 bits per heavy atom. The molecule has 1 aromatic carbocycles. The van der Waals surface area contributed by atoms with Gasteiger partial charge >= 0.3 is 0 Å². The Morgan fingerprint density at radius 2 is 1.91 bits per heavy atom. The lowest BCUT2D eigenvalue weighted by molar-refractivity contribution is -0.137. The Labute approximate surface area is 184 Å². The molecule has 2 saturated heterocycles. The second-order valence-electron chi connectivity index (χ2n) is 8.38. The molecule has 2 aromatic rings.